The Balaban J connectivity index is 2.25. The Labute approximate surface area is 106 Å². The van der Waals surface area contributed by atoms with Crippen LogP contribution < -0.4 is 5.32 Å². The fourth-order valence-electron chi connectivity index (χ4n) is 2.73. The van der Waals surface area contributed by atoms with Gasteiger partial charge in [0.2, 0.25) is 0 Å². The fourth-order valence-corrected chi connectivity index (χ4v) is 2.73. The number of piperidine rings is 1. The SMILES string of the molecule is Cc1cc(C(C)(C)C)ccc1C1CCNCC1. The van der Waals surface area contributed by atoms with Crippen LogP contribution in [0, 0.1) is 6.92 Å². The molecular formula is C16H25N. The molecule has 1 heterocycles. The van der Waals surface area contributed by atoms with Crippen molar-refractivity contribution >= 4 is 0 Å². The van der Waals surface area contributed by atoms with E-state index in [0.29, 0.717) is 0 Å². The normalized spacial score (nSPS) is 18.4. The molecule has 1 aromatic carbocycles. The van der Waals surface area contributed by atoms with E-state index in [1.54, 1.807) is 5.56 Å². The van der Waals surface area contributed by atoms with Crippen molar-refractivity contribution in [2.24, 2.45) is 0 Å². The summed E-state index contributed by atoms with van der Waals surface area (Å²) < 4.78 is 0. The number of rotatable bonds is 1. The van der Waals surface area contributed by atoms with Gasteiger partial charge in [-0.25, -0.2) is 0 Å². The van der Waals surface area contributed by atoms with Crippen molar-refractivity contribution in [1.29, 1.82) is 0 Å². The third kappa shape index (κ3) is 2.90. The van der Waals surface area contributed by atoms with E-state index in [2.05, 4.69) is 51.2 Å². The monoisotopic (exact) mass is 231 g/mol. The fraction of sp³-hybridized carbons (Fsp3) is 0.625. The number of hydrogen-bond donors (Lipinski definition) is 1. The highest BCUT2D eigenvalue weighted by Crippen LogP contribution is 2.31. The summed E-state index contributed by atoms with van der Waals surface area (Å²) in [5.74, 6) is 0.769. The van der Waals surface area contributed by atoms with E-state index in [1.807, 2.05) is 0 Å². The van der Waals surface area contributed by atoms with Gasteiger partial charge in [-0.15, -0.1) is 0 Å². The molecule has 1 aliphatic heterocycles. The van der Waals surface area contributed by atoms with E-state index in [1.165, 1.54) is 37.1 Å². The highest BCUT2D eigenvalue weighted by molar-refractivity contribution is 5.36. The standard InChI is InChI=1S/C16H25N/c1-12-11-14(16(2,3)4)5-6-15(12)13-7-9-17-10-8-13/h5-6,11,13,17H,7-10H2,1-4H3. The second-order valence-electron chi connectivity index (χ2n) is 6.35. The minimum atomic E-state index is 0.261. The Morgan fingerprint density at radius 2 is 1.76 bits per heavy atom. The lowest BCUT2D eigenvalue weighted by Gasteiger charge is -2.26. The quantitative estimate of drug-likeness (QED) is 0.776. The average Bonchev–Trinajstić information content (AvgIpc) is 2.29. The van der Waals surface area contributed by atoms with Gasteiger partial charge in [-0.3, -0.25) is 0 Å². The van der Waals surface area contributed by atoms with Crippen LogP contribution in [0.2, 0.25) is 0 Å². The molecule has 1 aliphatic rings. The second kappa shape index (κ2) is 4.81. The average molecular weight is 231 g/mol. The van der Waals surface area contributed by atoms with Crippen molar-refractivity contribution in [2.45, 2.75) is 51.9 Å². The van der Waals surface area contributed by atoms with Crippen molar-refractivity contribution in [3.8, 4) is 0 Å². The predicted molar refractivity (Wildman–Crippen MR) is 74.7 cm³/mol. The molecule has 1 nitrogen and oxygen atoms in total. The summed E-state index contributed by atoms with van der Waals surface area (Å²) in [6, 6.07) is 7.08. The van der Waals surface area contributed by atoms with Crippen LogP contribution in [-0.2, 0) is 5.41 Å². The zero-order chi connectivity index (χ0) is 12.5. The molecule has 1 aromatic rings. The van der Waals surface area contributed by atoms with Crippen LogP contribution in [0.3, 0.4) is 0 Å². The molecule has 94 valence electrons. The molecule has 1 N–H and O–H groups in total. The first kappa shape index (κ1) is 12.6. The minimum Gasteiger partial charge on any atom is -0.317 e. The maximum Gasteiger partial charge on any atom is -0.00431 e. The summed E-state index contributed by atoms with van der Waals surface area (Å²) in [6.45, 7) is 11.5. The summed E-state index contributed by atoms with van der Waals surface area (Å²) in [5, 5.41) is 3.44. The van der Waals surface area contributed by atoms with E-state index in [-0.39, 0.29) is 5.41 Å². The molecule has 1 saturated heterocycles. The first-order valence-corrected chi connectivity index (χ1v) is 6.80. The van der Waals surface area contributed by atoms with E-state index >= 15 is 0 Å². The van der Waals surface area contributed by atoms with E-state index < -0.39 is 0 Å². The smallest absolute Gasteiger partial charge is 0.00431 e. The zero-order valence-corrected chi connectivity index (χ0v) is 11.6. The molecule has 0 saturated carbocycles. The lowest BCUT2D eigenvalue weighted by molar-refractivity contribution is 0.459. The molecular weight excluding hydrogens is 206 g/mol. The van der Waals surface area contributed by atoms with Crippen LogP contribution >= 0.6 is 0 Å². The molecule has 1 fully saturated rings. The molecule has 0 aliphatic carbocycles. The molecule has 0 aromatic heterocycles. The second-order valence-corrected chi connectivity index (χ2v) is 6.35. The van der Waals surface area contributed by atoms with Crippen molar-refractivity contribution in [1.82, 2.24) is 5.32 Å². The summed E-state index contributed by atoms with van der Waals surface area (Å²) in [4.78, 5) is 0. The highest BCUT2D eigenvalue weighted by atomic mass is 14.9. The van der Waals surface area contributed by atoms with Gasteiger partial charge in [-0.1, -0.05) is 39.0 Å². The molecule has 0 unspecified atom stereocenters. The van der Waals surface area contributed by atoms with Crippen LogP contribution in [0.4, 0.5) is 0 Å². The summed E-state index contributed by atoms with van der Waals surface area (Å²) in [6.07, 6.45) is 2.57. The Bertz CT molecular complexity index is 381. The largest absolute Gasteiger partial charge is 0.317 e. The predicted octanol–water partition coefficient (Wildman–Crippen LogP) is 3.76. The minimum absolute atomic E-state index is 0.261. The van der Waals surface area contributed by atoms with Gasteiger partial charge < -0.3 is 5.32 Å². The van der Waals surface area contributed by atoms with Gasteiger partial charge in [0.05, 0.1) is 0 Å². The lowest BCUT2D eigenvalue weighted by atomic mass is 9.82. The number of aryl methyl sites for hydroxylation is 1. The molecule has 0 radical (unpaired) electrons. The molecule has 0 atom stereocenters. The summed E-state index contributed by atoms with van der Waals surface area (Å²) in [7, 11) is 0. The van der Waals surface area contributed by atoms with Gasteiger partial charge in [0.1, 0.15) is 0 Å². The molecule has 1 heteroatoms. The third-order valence-electron chi connectivity index (χ3n) is 3.91. The molecule has 2 rings (SSSR count). The van der Waals surface area contributed by atoms with Gasteiger partial charge in [-0.05, 0) is 60.9 Å². The van der Waals surface area contributed by atoms with Crippen LogP contribution in [-0.4, -0.2) is 13.1 Å². The summed E-state index contributed by atoms with van der Waals surface area (Å²) in [5.41, 5.74) is 4.76. The van der Waals surface area contributed by atoms with Crippen LogP contribution in [0.5, 0.6) is 0 Å². The van der Waals surface area contributed by atoms with E-state index in [4.69, 9.17) is 0 Å². The lowest BCUT2D eigenvalue weighted by Crippen LogP contribution is -2.27. The van der Waals surface area contributed by atoms with Crippen LogP contribution in [0.25, 0.3) is 0 Å². The van der Waals surface area contributed by atoms with Crippen LogP contribution in [0.15, 0.2) is 18.2 Å². The van der Waals surface area contributed by atoms with Gasteiger partial charge >= 0.3 is 0 Å². The van der Waals surface area contributed by atoms with E-state index in [9.17, 15) is 0 Å². The summed E-state index contributed by atoms with van der Waals surface area (Å²) >= 11 is 0. The van der Waals surface area contributed by atoms with Gasteiger partial charge in [0, 0.05) is 0 Å². The van der Waals surface area contributed by atoms with Gasteiger partial charge in [0.25, 0.3) is 0 Å². The first-order valence-electron chi connectivity index (χ1n) is 6.80. The van der Waals surface area contributed by atoms with Crippen molar-refractivity contribution < 1.29 is 0 Å². The number of hydrogen-bond acceptors (Lipinski definition) is 1. The maximum absolute atomic E-state index is 3.44. The molecule has 17 heavy (non-hydrogen) atoms. The Kier molecular flexibility index (Phi) is 3.58. The first-order chi connectivity index (χ1) is 7.98. The van der Waals surface area contributed by atoms with Gasteiger partial charge in [0.15, 0.2) is 0 Å². The molecule has 0 spiro atoms. The highest BCUT2D eigenvalue weighted by Gasteiger charge is 2.19. The topological polar surface area (TPSA) is 12.0 Å². The van der Waals surface area contributed by atoms with Crippen molar-refractivity contribution in [2.75, 3.05) is 13.1 Å². The van der Waals surface area contributed by atoms with Crippen LogP contribution in [0.1, 0.15) is 56.2 Å². The maximum atomic E-state index is 3.44. The Hall–Kier alpha value is -0.820. The Morgan fingerprint density at radius 1 is 1.12 bits per heavy atom. The van der Waals surface area contributed by atoms with Gasteiger partial charge in [-0.2, -0.15) is 0 Å². The Morgan fingerprint density at radius 3 is 2.29 bits per heavy atom. The molecule has 0 amide bonds. The van der Waals surface area contributed by atoms with E-state index in [0.717, 1.165) is 5.92 Å². The molecule has 0 bridgehead atoms. The number of nitrogens with one attached hydrogen (secondary N) is 1. The zero-order valence-electron chi connectivity index (χ0n) is 11.6. The van der Waals surface area contributed by atoms with Crippen molar-refractivity contribution in [3.05, 3.63) is 34.9 Å². The number of benzene rings is 1. The third-order valence-corrected chi connectivity index (χ3v) is 3.91. The van der Waals surface area contributed by atoms with Crippen molar-refractivity contribution in [3.63, 3.8) is 0 Å².